The molecule has 1 saturated carbocycles. The average molecular weight is 338 g/mol. The Morgan fingerprint density at radius 1 is 1.08 bits per heavy atom. The number of rotatable bonds is 4. The van der Waals surface area contributed by atoms with Crippen molar-refractivity contribution < 1.29 is 14.6 Å². The normalized spacial score (nSPS) is 26.6. The summed E-state index contributed by atoms with van der Waals surface area (Å²) in [7, 11) is 1.66. The molecular formula is C20H22N2O3. The lowest BCUT2D eigenvalue weighted by Gasteiger charge is -2.18. The third kappa shape index (κ3) is 3.07. The molecule has 1 fully saturated rings. The summed E-state index contributed by atoms with van der Waals surface area (Å²) in [5, 5.41) is 16.2. The minimum absolute atomic E-state index is 0.102. The first-order valence-electron chi connectivity index (χ1n) is 8.63. The molecule has 2 aliphatic carbocycles. The number of amides is 2. The SMILES string of the molecule is COc1ccccc1[C@@H]1C[C@@H]1NC(=O)N[C@@H]1c2ccccc2C[C@H]1O. The van der Waals surface area contributed by atoms with Crippen LogP contribution in [-0.4, -0.2) is 30.4 Å². The quantitative estimate of drug-likeness (QED) is 0.802. The number of carbonyl (C=O) groups is 1. The Morgan fingerprint density at radius 2 is 1.80 bits per heavy atom. The summed E-state index contributed by atoms with van der Waals surface area (Å²) >= 11 is 0. The fourth-order valence-corrected chi connectivity index (χ4v) is 3.77. The number of hydrogen-bond donors (Lipinski definition) is 3. The average Bonchev–Trinajstić information content (AvgIpc) is 3.31. The lowest BCUT2D eigenvalue weighted by molar-refractivity contribution is 0.142. The van der Waals surface area contributed by atoms with Crippen LogP contribution in [-0.2, 0) is 6.42 Å². The number of ether oxygens (including phenoxy) is 1. The van der Waals surface area contributed by atoms with E-state index in [0.29, 0.717) is 6.42 Å². The lowest BCUT2D eigenvalue weighted by Crippen LogP contribution is -2.42. The summed E-state index contributed by atoms with van der Waals surface area (Å²) in [4.78, 5) is 12.4. The van der Waals surface area contributed by atoms with E-state index in [4.69, 9.17) is 4.74 Å². The van der Waals surface area contributed by atoms with Crippen molar-refractivity contribution >= 4 is 6.03 Å². The highest BCUT2D eigenvalue weighted by atomic mass is 16.5. The van der Waals surface area contributed by atoms with Crippen molar-refractivity contribution in [1.29, 1.82) is 0 Å². The molecule has 5 heteroatoms. The zero-order valence-electron chi connectivity index (χ0n) is 14.1. The monoisotopic (exact) mass is 338 g/mol. The van der Waals surface area contributed by atoms with E-state index in [-0.39, 0.29) is 24.0 Å². The van der Waals surface area contributed by atoms with Gasteiger partial charge < -0.3 is 20.5 Å². The van der Waals surface area contributed by atoms with Gasteiger partial charge in [-0.2, -0.15) is 0 Å². The molecule has 130 valence electrons. The Hall–Kier alpha value is -2.53. The van der Waals surface area contributed by atoms with Crippen LogP contribution in [0.1, 0.15) is 35.1 Å². The Labute approximate surface area is 147 Å². The molecule has 4 rings (SSSR count). The molecule has 0 bridgehead atoms. The number of nitrogens with one attached hydrogen (secondary N) is 2. The number of urea groups is 1. The highest BCUT2D eigenvalue weighted by Crippen LogP contribution is 2.44. The molecule has 2 amide bonds. The van der Waals surface area contributed by atoms with Gasteiger partial charge in [-0.1, -0.05) is 42.5 Å². The zero-order valence-corrected chi connectivity index (χ0v) is 14.1. The van der Waals surface area contributed by atoms with E-state index in [0.717, 1.165) is 28.9 Å². The van der Waals surface area contributed by atoms with Crippen molar-refractivity contribution in [1.82, 2.24) is 10.6 Å². The van der Waals surface area contributed by atoms with Gasteiger partial charge in [-0.3, -0.25) is 0 Å². The molecule has 0 aliphatic heterocycles. The molecular weight excluding hydrogens is 316 g/mol. The number of benzene rings is 2. The highest BCUT2D eigenvalue weighted by molar-refractivity contribution is 5.76. The molecule has 0 aromatic heterocycles. The maximum Gasteiger partial charge on any atom is 0.315 e. The highest BCUT2D eigenvalue weighted by Gasteiger charge is 2.42. The summed E-state index contributed by atoms with van der Waals surface area (Å²) in [6.45, 7) is 0. The van der Waals surface area contributed by atoms with E-state index in [2.05, 4.69) is 10.6 Å². The van der Waals surface area contributed by atoms with E-state index in [1.54, 1.807) is 7.11 Å². The topological polar surface area (TPSA) is 70.6 Å². The van der Waals surface area contributed by atoms with Crippen LogP contribution in [0.25, 0.3) is 0 Å². The van der Waals surface area contributed by atoms with E-state index in [9.17, 15) is 9.90 Å². The van der Waals surface area contributed by atoms with Crippen molar-refractivity contribution in [3.63, 3.8) is 0 Å². The molecule has 2 aromatic carbocycles. The fourth-order valence-electron chi connectivity index (χ4n) is 3.77. The summed E-state index contributed by atoms with van der Waals surface area (Å²) in [6, 6.07) is 15.3. The van der Waals surface area contributed by atoms with Crippen molar-refractivity contribution in [2.75, 3.05) is 7.11 Å². The first kappa shape index (κ1) is 16.0. The van der Waals surface area contributed by atoms with E-state index >= 15 is 0 Å². The Morgan fingerprint density at radius 3 is 2.60 bits per heavy atom. The lowest BCUT2D eigenvalue weighted by atomic mass is 10.1. The summed E-state index contributed by atoms with van der Waals surface area (Å²) in [5.41, 5.74) is 3.22. The second-order valence-corrected chi connectivity index (χ2v) is 6.76. The number of methoxy groups -OCH3 is 1. The Bertz CT molecular complexity index is 792. The smallest absolute Gasteiger partial charge is 0.315 e. The third-order valence-corrected chi connectivity index (χ3v) is 5.14. The van der Waals surface area contributed by atoms with Crippen molar-refractivity contribution in [2.24, 2.45) is 0 Å². The number of hydrogen-bond acceptors (Lipinski definition) is 3. The van der Waals surface area contributed by atoms with Gasteiger partial charge in [0, 0.05) is 18.4 Å². The fraction of sp³-hybridized carbons (Fsp3) is 0.350. The van der Waals surface area contributed by atoms with Crippen LogP contribution >= 0.6 is 0 Å². The minimum atomic E-state index is -0.577. The predicted molar refractivity (Wildman–Crippen MR) is 94.7 cm³/mol. The van der Waals surface area contributed by atoms with E-state index in [1.807, 2.05) is 48.5 Å². The number of aliphatic hydroxyl groups is 1. The van der Waals surface area contributed by atoms with Crippen molar-refractivity contribution in [3.05, 3.63) is 65.2 Å². The van der Waals surface area contributed by atoms with Crippen LogP contribution in [0.4, 0.5) is 4.79 Å². The molecule has 0 heterocycles. The number of para-hydroxylation sites is 1. The van der Waals surface area contributed by atoms with Gasteiger partial charge in [0.1, 0.15) is 5.75 Å². The van der Waals surface area contributed by atoms with Gasteiger partial charge in [-0.25, -0.2) is 4.79 Å². The second-order valence-electron chi connectivity index (χ2n) is 6.76. The summed E-state index contributed by atoms with van der Waals surface area (Å²) < 4.78 is 5.40. The van der Waals surface area contributed by atoms with Crippen LogP contribution in [0.15, 0.2) is 48.5 Å². The summed E-state index contributed by atoms with van der Waals surface area (Å²) in [5.74, 6) is 1.14. The molecule has 25 heavy (non-hydrogen) atoms. The standard InChI is InChI=1S/C20H22N2O3/c1-25-18-9-5-4-8-14(18)15-11-16(15)21-20(24)22-19-13-7-3-2-6-12(13)10-17(19)23/h2-9,15-17,19,23H,10-11H2,1H3,(H2,21,22,24)/t15-,16-,17+,19+/m0/s1. The van der Waals surface area contributed by atoms with Crippen LogP contribution in [0.2, 0.25) is 0 Å². The molecule has 0 radical (unpaired) electrons. The van der Waals surface area contributed by atoms with Gasteiger partial charge in [0.05, 0.1) is 19.3 Å². The molecule has 0 spiro atoms. The minimum Gasteiger partial charge on any atom is -0.496 e. The van der Waals surface area contributed by atoms with Crippen molar-refractivity contribution in [3.8, 4) is 5.75 Å². The Kier molecular flexibility index (Phi) is 4.09. The first-order chi connectivity index (χ1) is 12.2. The van der Waals surface area contributed by atoms with Gasteiger partial charge in [-0.05, 0) is 29.2 Å². The first-order valence-corrected chi connectivity index (χ1v) is 8.63. The molecule has 0 unspecified atom stereocenters. The molecule has 2 aliphatic rings. The number of carbonyl (C=O) groups excluding carboxylic acids is 1. The summed E-state index contributed by atoms with van der Waals surface area (Å²) in [6.07, 6.45) is 0.902. The molecule has 4 atom stereocenters. The number of fused-ring (bicyclic) bond motifs is 1. The molecule has 5 nitrogen and oxygen atoms in total. The third-order valence-electron chi connectivity index (χ3n) is 5.14. The number of aliphatic hydroxyl groups excluding tert-OH is 1. The van der Waals surface area contributed by atoms with Gasteiger partial charge in [-0.15, -0.1) is 0 Å². The van der Waals surface area contributed by atoms with Crippen LogP contribution in [0, 0.1) is 0 Å². The van der Waals surface area contributed by atoms with Crippen LogP contribution < -0.4 is 15.4 Å². The van der Waals surface area contributed by atoms with Gasteiger partial charge in [0.2, 0.25) is 0 Å². The van der Waals surface area contributed by atoms with E-state index in [1.165, 1.54) is 0 Å². The molecule has 3 N–H and O–H groups in total. The van der Waals surface area contributed by atoms with Crippen LogP contribution in [0.3, 0.4) is 0 Å². The van der Waals surface area contributed by atoms with Gasteiger partial charge >= 0.3 is 6.03 Å². The largest absolute Gasteiger partial charge is 0.496 e. The Balaban J connectivity index is 1.38. The van der Waals surface area contributed by atoms with E-state index < -0.39 is 6.10 Å². The maximum absolute atomic E-state index is 12.4. The maximum atomic E-state index is 12.4. The van der Waals surface area contributed by atoms with Crippen molar-refractivity contribution in [2.45, 2.75) is 36.9 Å². The molecule has 0 saturated heterocycles. The molecule has 2 aromatic rings. The second kappa shape index (κ2) is 6.41. The van der Waals surface area contributed by atoms with Gasteiger partial charge in [0.15, 0.2) is 0 Å². The van der Waals surface area contributed by atoms with Crippen LogP contribution in [0.5, 0.6) is 5.75 Å². The predicted octanol–water partition coefficient (Wildman–Crippen LogP) is 2.51. The van der Waals surface area contributed by atoms with Gasteiger partial charge in [0.25, 0.3) is 0 Å². The zero-order chi connectivity index (χ0) is 17.4.